The van der Waals surface area contributed by atoms with E-state index in [0.29, 0.717) is 5.15 Å². The molecule has 0 atom stereocenters. The Hall–Kier alpha value is -1.48. The molecule has 0 radical (unpaired) electrons. The molecule has 2 aliphatic carbocycles. The highest BCUT2D eigenvalue weighted by Crippen LogP contribution is 2.37. The zero-order valence-corrected chi connectivity index (χ0v) is 22.4. The van der Waals surface area contributed by atoms with Crippen LogP contribution >= 0.6 is 11.6 Å². The molecular formula is C28H44ClFN2. The molecule has 4 heteroatoms. The van der Waals surface area contributed by atoms with Gasteiger partial charge >= 0.3 is 0 Å². The second-order valence-corrected chi connectivity index (χ2v) is 10.6. The topological polar surface area (TPSA) is 25.8 Å². The molecular weight excluding hydrogens is 419 g/mol. The zero-order chi connectivity index (χ0) is 24.4. The Bertz CT molecular complexity index is 828. The van der Waals surface area contributed by atoms with Crippen molar-refractivity contribution in [1.82, 2.24) is 9.97 Å². The van der Waals surface area contributed by atoms with Crippen molar-refractivity contribution < 1.29 is 4.39 Å². The van der Waals surface area contributed by atoms with Gasteiger partial charge in [-0.1, -0.05) is 79.8 Å². The Morgan fingerprint density at radius 2 is 1.38 bits per heavy atom. The van der Waals surface area contributed by atoms with Crippen LogP contribution in [-0.4, -0.2) is 9.97 Å². The summed E-state index contributed by atoms with van der Waals surface area (Å²) < 4.78 is 13.4. The van der Waals surface area contributed by atoms with Crippen LogP contribution in [-0.2, 0) is 23.7 Å². The normalized spacial score (nSPS) is 17.1. The Morgan fingerprint density at radius 3 is 1.94 bits per heavy atom. The summed E-state index contributed by atoms with van der Waals surface area (Å²) in [6.07, 6.45) is 14.3. The molecule has 0 bridgehead atoms. The first-order valence-electron chi connectivity index (χ1n) is 12.3. The zero-order valence-electron chi connectivity index (χ0n) is 21.6. The van der Waals surface area contributed by atoms with Crippen LogP contribution in [0.3, 0.4) is 0 Å². The molecule has 180 valence electrons. The molecule has 0 amide bonds. The van der Waals surface area contributed by atoms with E-state index in [1.807, 2.05) is 18.5 Å². The smallest absolute Gasteiger partial charge is 0.144 e. The van der Waals surface area contributed by atoms with E-state index in [9.17, 15) is 4.39 Å². The summed E-state index contributed by atoms with van der Waals surface area (Å²) >= 11 is 5.86. The lowest BCUT2D eigenvalue weighted by Gasteiger charge is -2.31. The number of halogens is 2. The molecule has 2 aromatic rings. The average Bonchev–Trinajstić information content (AvgIpc) is 2.70. The van der Waals surface area contributed by atoms with Gasteiger partial charge in [-0.05, 0) is 77.7 Å². The summed E-state index contributed by atoms with van der Waals surface area (Å²) in [7, 11) is 0. The highest BCUT2D eigenvalue weighted by atomic mass is 35.5. The monoisotopic (exact) mass is 462 g/mol. The van der Waals surface area contributed by atoms with Gasteiger partial charge in [-0.15, -0.1) is 0 Å². The largest absolute Gasteiger partial charge is 0.261 e. The number of fused-ring (bicyclic) bond motifs is 2. The van der Waals surface area contributed by atoms with Crippen molar-refractivity contribution >= 4 is 11.6 Å². The lowest BCUT2D eigenvalue weighted by atomic mass is 9.73. The van der Waals surface area contributed by atoms with E-state index in [0.717, 1.165) is 36.8 Å². The van der Waals surface area contributed by atoms with Crippen LogP contribution < -0.4 is 0 Å². The third-order valence-electron chi connectivity index (χ3n) is 5.90. The molecule has 0 aromatic carbocycles. The maximum absolute atomic E-state index is 13.4. The molecule has 0 fully saturated rings. The average molecular weight is 463 g/mol. The fraction of sp³-hybridized carbons (Fsp3) is 0.643. The van der Waals surface area contributed by atoms with E-state index in [2.05, 4.69) is 65.4 Å². The van der Waals surface area contributed by atoms with Gasteiger partial charge < -0.3 is 0 Å². The van der Waals surface area contributed by atoms with Crippen LogP contribution in [0.1, 0.15) is 116 Å². The van der Waals surface area contributed by atoms with Gasteiger partial charge in [0.2, 0.25) is 0 Å². The standard InChI is InChI=1S/C11H14ClN.C11H14FN.2C3H8/c1-11(2)5-3-4-8-6-10(12)13-7-9(8)11;1-11(2)5-3-4-8-9(11)6-13-7-10(8)12;2*1-3-2/h2*6-7H,3-5H2,1-2H3;2*3H2,1-2H3. The second-order valence-electron chi connectivity index (χ2n) is 10.2. The minimum atomic E-state index is -0.134. The van der Waals surface area contributed by atoms with Crippen LogP contribution in [0.15, 0.2) is 24.7 Å². The SMILES string of the molecule is CC1(C)CCCc2c(F)cncc21.CC1(C)CCCc2cc(Cl)ncc21.CCC.CCC. The number of pyridine rings is 2. The Labute approximate surface area is 201 Å². The van der Waals surface area contributed by atoms with E-state index in [1.54, 1.807) is 0 Å². The molecule has 2 heterocycles. The van der Waals surface area contributed by atoms with Gasteiger partial charge in [-0.2, -0.15) is 0 Å². The van der Waals surface area contributed by atoms with Crippen molar-refractivity contribution in [3.05, 3.63) is 57.9 Å². The van der Waals surface area contributed by atoms with Crippen molar-refractivity contribution in [2.45, 2.75) is 118 Å². The Kier molecular flexibility index (Phi) is 11.9. The van der Waals surface area contributed by atoms with E-state index in [1.165, 1.54) is 43.0 Å². The molecule has 4 rings (SSSR count). The molecule has 0 spiro atoms. The predicted octanol–water partition coefficient (Wildman–Crippen LogP) is 9.02. The maximum Gasteiger partial charge on any atom is 0.144 e. The van der Waals surface area contributed by atoms with Gasteiger partial charge in [0, 0.05) is 12.4 Å². The van der Waals surface area contributed by atoms with Gasteiger partial charge in [-0.3, -0.25) is 4.98 Å². The summed E-state index contributed by atoms with van der Waals surface area (Å²) in [5.41, 5.74) is 5.12. The third kappa shape index (κ3) is 8.14. The summed E-state index contributed by atoms with van der Waals surface area (Å²) in [6, 6.07) is 2.01. The highest BCUT2D eigenvalue weighted by Gasteiger charge is 2.29. The number of rotatable bonds is 0. The van der Waals surface area contributed by atoms with Crippen LogP contribution in [0.25, 0.3) is 0 Å². The molecule has 2 aliphatic rings. The molecule has 0 N–H and O–H groups in total. The number of hydrogen-bond donors (Lipinski definition) is 0. The number of aromatic nitrogens is 2. The molecule has 0 unspecified atom stereocenters. The first-order chi connectivity index (χ1) is 15.0. The van der Waals surface area contributed by atoms with Crippen molar-refractivity contribution in [3.8, 4) is 0 Å². The molecule has 0 saturated carbocycles. The summed E-state index contributed by atoms with van der Waals surface area (Å²) in [4.78, 5) is 8.07. The number of hydrogen-bond acceptors (Lipinski definition) is 2. The van der Waals surface area contributed by atoms with Gasteiger partial charge in [0.15, 0.2) is 0 Å². The number of aryl methyl sites for hydroxylation is 1. The van der Waals surface area contributed by atoms with Crippen LogP contribution in [0, 0.1) is 5.82 Å². The fourth-order valence-electron chi connectivity index (χ4n) is 4.28. The van der Waals surface area contributed by atoms with Gasteiger partial charge in [-0.25, -0.2) is 9.37 Å². The van der Waals surface area contributed by atoms with E-state index in [4.69, 9.17) is 11.6 Å². The van der Waals surface area contributed by atoms with Crippen molar-refractivity contribution in [2.75, 3.05) is 0 Å². The second kappa shape index (κ2) is 13.3. The first-order valence-corrected chi connectivity index (χ1v) is 12.7. The Balaban J connectivity index is 0.000000258. The molecule has 0 aliphatic heterocycles. The van der Waals surface area contributed by atoms with Crippen molar-refractivity contribution in [1.29, 1.82) is 0 Å². The molecule has 0 saturated heterocycles. The minimum Gasteiger partial charge on any atom is -0.261 e. The highest BCUT2D eigenvalue weighted by molar-refractivity contribution is 6.29. The van der Waals surface area contributed by atoms with Gasteiger partial charge in [0.05, 0.1) is 6.20 Å². The lowest BCUT2D eigenvalue weighted by Crippen LogP contribution is -2.24. The predicted molar refractivity (Wildman–Crippen MR) is 137 cm³/mol. The first kappa shape index (κ1) is 28.6. The van der Waals surface area contributed by atoms with Crippen LogP contribution in [0.2, 0.25) is 5.15 Å². The van der Waals surface area contributed by atoms with E-state index < -0.39 is 0 Å². The van der Waals surface area contributed by atoms with Gasteiger partial charge in [0.25, 0.3) is 0 Å². The third-order valence-corrected chi connectivity index (χ3v) is 6.10. The lowest BCUT2D eigenvalue weighted by molar-refractivity contribution is 0.418. The maximum atomic E-state index is 13.4. The van der Waals surface area contributed by atoms with Crippen molar-refractivity contribution in [2.24, 2.45) is 0 Å². The molecule has 32 heavy (non-hydrogen) atoms. The van der Waals surface area contributed by atoms with E-state index in [-0.39, 0.29) is 16.6 Å². The quantitative estimate of drug-likeness (QED) is 0.365. The number of nitrogens with zero attached hydrogens (tertiary/aromatic N) is 2. The summed E-state index contributed by atoms with van der Waals surface area (Å²) in [5.74, 6) is -0.134. The van der Waals surface area contributed by atoms with E-state index >= 15 is 0 Å². The van der Waals surface area contributed by atoms with Crippen LogP contribution in [0.4, 0.5) is 4.39 Å². The summed E-state index contributed by atoms with van der Waals surface area (Å²) in [6.45, 7) is 17.4. The molecule has 2 aromatic heterocycles. The summed E-state index contributed by atoms with van der Waals surface area (Å²) in [5, 5.41) is 0.622. The van der Waals surface area contributed by atoms with Gasteiger partial charge in [0.1, 0.15) is 11.0 Å². The molecule has 2 nitrogen and oxygen atoms in total. The Morgan fingerprint density at radius 1 is 0.844 bits per heavy atom. The van der Waals surface area contributed by atoms with Crippen LogP contribution in [0.5, 0.6) is 0 Å². The van der Waals surface area contributed by atoms with Crippen molar-refractivity contribution in [3.63, 3.8) is 0 Å². The fourth-order valence-corrected chi connectivity index (χ4v) is 4.46. The minimum absolute atomic E-state index is 0.0999.